The molecule has 0 aromatic carbocycles. The summed E-state index contributed by atoms with van der Waals surface area (Å²) in [4.78, 5) is 36.4. The van der Waals surface area contributed by atoms with Crippen molar-refractivity contribution in [3.8, 4) is 0 Å². The van der Waals surface area contributed by atoms with Crippen LogP contribution in [0.3, 0.4) is 0 Å². The minimum atomic E-state index is -0.638. The summed E-state index contributed by atoms with van der Waals surface area (Å²) in [6.07, 6.45) is 0.738. The second kappa shape index (κ2) is 9.30. The Labute approximate surface area is 120 Å². The van der Waals surface area contributed by atoms with Crippen LogP contribution in [0.4, 0.5) is 0 Å². The van der Waals surface area contributed by atoms with Crippen LogP contribution in [0, 0.1) is 5.92 Å². The van der Waals surface area contributed by atoms with Gasteiger partial charge in [0.25, 0.3) is 0 Å². The minimum absolute atomic E-state index is 0.00251. The van der Waals surface area contributed by atoms with Crippen molar-refractivity contribution in [2.45, 2.75) is 33.2 Å². The first kappa shape index (κ1) is 18.4. The van der Waals surface area contributed by atoms with E-state index in [1.54, 1.807) is 0 Å². The molecule has 0 aliphatic carbocycles. The molecule has 116 valence electrons. The molecule has 0 aromatic heterocycles. The highest BCUT2D eigenvalue weighted by atomic mass is 16.2. The van der Waals surface area contributed by atoms with E-state index in [0.717, 1.165) is 6.42 Å². The largest absolute Gasteiger partial charge is 0.358 e. The number of carbonyl (C=O) groups excluding carboxylic acids is 3. The lowest BCUT2D eigenvalue weighted by Gasteiger charge is -2.22. The zero-order chi connectivity index (χ0) is 15.7. The van der Waals surface area contributed by atoms with Gasteiger partial charge in [-0.25, -0.2) is 0 Å². The van der Waals surface area contributed by atoms with Crippen molar-refractivity contribution in [1.29, 1.82) is 0 Å². The topological polar surface area (TPSA) is 105 Å². The number of amides is 3. The van der Waals surface area contributed by atoms with Crippen LogP contribution in [-0.2, 0) is 14.4 Å². The van der Waals surface area contributed by atoms with Crippen molar-refractivity contribution in [2.75, 3.05) is 26.7 Å². The lowest BCUT2D eigenvalue weighted by Crippen LogP contribution is -2.49. The van der Waals surface area contributed by atoms with Gasteiger partial charge in [0, 0.05) is 13.6 Å². The highest BCUT2D eigenvalue weighted by molar-refractivity contribution is 5.89. The maximum Gasteiger partial charge on any atom is 0.242 e. The van der Waals surface area contributed by atoms with Crippen LogP contribution < -0.4 is 16.4 Å². The molecule has 3 amide bonds. The number of nitrogens with one attached hydrogen (secondary N) is 2. The molecule has 0 spiro atoms. The molecule has 0 bridgehead atoms. The quantitative estimate of drug-likeness (QED) is 0.536. The van der Waals surface area contributed by atoms with Gasteiger partial charge in [-0.05, 0) is 12.3 Å². The fourth-order valence-corrected chi connectivity index (χ4v) is 1.51. The van der Waals surface area contributed by atoms with E-state index in [9.17, 15) is 14.4 Å². The van der Waals surface area contributed by atoms with Crippen molar-refractivity contribution >= 4 is 17.7 Å². The average molecular weight is 286 g/mol. The second-order valence-electron chi connectivity index (χ2n) is 4.98. The summed E-state index contributed by atoms with van der Waals surface area (Å²) in [5.74, 6) is -0.885. The summed E-state index contributed by atoms with van der Waals surface area (Å²) in [6.45, 7) is 5.91. The van der Waals surface area contributed by atoms with Crippen molar-refractivity contribution in [3.63, 3.8) is 0 Å². The Morgan fingerprint density at radius 2 is 1.85 bits per heavy atom. The van der Waals surface area contributed by atoms with Gasteiger partial charge >= 0.3 is 0 Å². The van der Waals surface area contributed by atoms with E-state index in [1.807, 2.05) is 20.8 Å². The predicted octanol–water partition coefficient (Wildman–Crippen LogP) is -0.929. The molecule has 1 atom stereocenters. The molecule has 0 rings (SSSR count). The Hall–Kier alpha value is -1.63. The number of hydrogen-bond acceptors (Lipinski definition) is 4. The van der Waals surface area contributed by atoms with Gasteiger partial charge in [-0.1, -0.05) is 20.8 Å². The predicted molar refractivity (Wildman–Crippen MR) is 76.8 cm³/mol. The Balaban J connectivity index is 4.39. The zero-order valence-corrected chi connectivity index (χ0v) is 12.7. The molecule has 4 N–H and O–H groups in total. The number of carbonyl (C=O) groups is 3. The molecule has 0 saturated heterocycles. The van der Waals surface area contributed by atoms with Gasteiger partial charge in [0.05, 0.1) is 19.1 Å². The first-order valence-corrected chi connectivity index (χ1v) is 6.85. The van der Waals surface area contributed by atoms with E-state index < -0.39 is 6.04 Å². The third kappa shape index (κ3) is 6.51. The Kier molecular flexibility index (Phi) is 8.54. The highest BCUT2D eigenvalue weighted by Gasteiger charge is 2.20. The van der Waals surface area contributed by atoms with Gasteiger partial charge in [-0.15, -0.1) is 0 Å². The van der Waals surface area contributed by atoms with Gasteiger partial charge in [0.2, 0.25) is 17.7 Å². The van der Waals surface area contributed by atoms with Crippen molar-refractivity contribution in [2.24, 2.45) is 11.7 Å². The van der Waals surface area contributed by atoms with E-state index >= 15 is 0 Å². The summed E-state index contributed by atoms with van der Waals surface area (Å²) >= 11 is 0. The monoisotopic (exact) mass is 286 g/mol. The van der Waals surface area contributed by atoms with Crippen molar-refractivity contribution in [1.82, 2.24) is 15.5 Å². The molecule has 0 aliphatic rings. The van der Waals surface area contributed by atoms with Crippen LogP contribution in [-0.4, -0.2) is 55.3 Å². The molecule has 20 heavy (non-hydrogen) atoms. The second-order valence-corrected chi connectivity index (χ2v) is 4.98. The average Bonchev–Trinajstić information content (AvgIpc) is 2.42. The number of nitrogens with two attached hydrogens (primary N) is 1. The molecule has 7 heteroatoms. The normalized spacial score (nSPS) is 11.9. The SMILES string of the molecule is CCCN(CC(=O)NC)C(=O)CNC(=O)[C@@H](N)C(C)C. The van der Waals surface area contributed by atoms with Crippen LogP contribution in [0.25, 0.3) is 0 Å². The summed E-state index contributed by atoms with van der Waals surface area (Å²) in [7, 11) is 1.51. The number of hydrogen-bond donors (Lipinski definition) is 3. The van der Waals surface area contributed by atoms with Crippen molar-refractivity contribution in [3.05, 3.63) is 0 Å². The van der Waals surface area contributed by atoms with Gasteiger partial charge < -0.3 is 21.3 Å². The highest BCUT2D eigenvalue weighted by Crippen LogP contribution is 1.98. The lowest BCUT2D eigenvalue weighted by molar-refractivity contribution is -0.136. The maximum atomic E-state index is 12.0. The molecule has 0 heterocycles. The third-order valence-corrected chi connectivity index (χ3v) is 2.89. The molecular weight excluding hydrogens is 260 g/mol. The number of rotatable bonds is 8. The summed E-state index contributed by atoms with van der Waals surface area (Å²) < 4.78 is 0. The first-order valence-electron chi connectivity index (χ1n) is 6.85. The fourth-order valence-electron chi connectivity index (χ4n) is 1.51. The molecule has 7 nitrogen and oxygen atoms in total. The van der Waals surface area contributed by atoms with Gasteiger partial charge in [-0.2, -0.15) is 0 Å². The Bertz CT molecular complexity index is 345. The summed E-state index contributed by atoms with van der Waals surface area (Å²) in [5.41, 5.74) is 5.68. The van der Waals surface area contributed by atoms with E-state index in [2.05, 4.69) is 10.6 Å². The maximum absolute atomic E-state index is 12.0. The number of nitrogens with zero attached hydrogens (tertiary/aromatic N) is 1. The molecule has 0 unspecified atom stereocenters. The summed E-state index contributed by atoms with van der Waals surface area (Å²) in [5, 5.41) is 4.97. The smallest absolute Gasteiger partial charge is 0.242 e. The standard InChI is InChI=1S/C13H26N4O3/c1-5-6-17(8-10(18)15-4)11(19)7-16-13(20)12(14)9(2)3/h9,12H,5-8,14H2,1-4H3,(H,15,18)(H,16,20)/t12-/m0/s1. The summed E-state index contributed by atoms with van der Waals surface area (Å²) in [6, 6.07) is -0.638. The minimum Gasteiger partial charge on any atom is -0.358 e. The molecule has 0 fully saturated rings. The first-order chi connectivity index (χ1) is 9.33. The Morgan fingerprint density at radius 1 is 1.25 bits per heavy atom. The lowest BCUT2D eigenvalue weighted by atomic mass is 10.1. The Morgan fingerprint density at radius 3 is 2.30 bits per heavy atom. The van der Waals surface area contributed by atoms with E-state index in [4.69, 9.17) is 5.73 Å². The van der Waals surface area contributed by atoms with Gasteiger partial charge in [0.15, 0.2) is 0 Å². The van der Waals surface area contributed by atoms with E-state index in [0.29, 0.717) is 6.54 Å². The molecule has 0 radical (unpaired) electrons. The van der Waals surface area contributed by atoms with Gasteiger partial charge in [0.1, 0.15) is 0 Å². The molecule has 0 aliphatic heterocycles. The van der Waals surface area contributed by atoms with E-state index in [-0.39, 0.29) is 36.7 Å². The van der Waals surface area contributed by atoms with Crippen molar-refractivity contribution < 1.29 is 14.4 Å². The van der Waals surface area contributed by atoms with Crippen LogP contribution >= 0.6 is 0 Å². The zero-order valence-electron chi connectivity index (χ0n) is 12.7. The molecule has 0 saturated carbocycles. The van der Waals surface area contributed by atoms with Crippen LogP contribution in [0.5, 0.6) is 0 Å². The van der Waals surface area contributed by atoms with Crippen LogP contribution in [0.15, 0.2) is 0 Å². The fraction of sp³-hybridized carbons (Fsp3) is 0.769. The van der Waals surface area contributed by atoms with E-state index in [1.165, 1.54) is 11.9 Å². The number of likely N-dealkylation sites (N-methyl/N-ethyl adjacent to an activating group) is 1. The molecule has 0 aromatic rings. The van der Waals surface area contributed by atoms with Crippen LogP contribution in [0.2, 0.25) is 0 Å². The van der Waals surface area contributed by atoms with Gasteiger partial charge in [-0.3, -0.25) is 14.4 Å². The third-order valence-electron chi connectivity index (χ3n) is 2.89. The van der Waals surface area contributed by atoms with Crippen LogP contribution in [0.1, 0.15) is 27.2 Å². The molecular formula is C13H26N4O3.